The molecule has 0 saturated carbocycles. The number of ether oxygens (including phenoxy) is 1. The van der Waals surface area contributed by atoms with Crippen molar-refractivity contribution >= 4 is 18.1 Å². The lowest BCUT2D eigenvalue weighted by Gasteiger charge is -2.36. The van der Waals surface area contributed by atoms with Crippen LogP contribution in [0.3, 0.4) is 0 Å². The Kier molecular flexibility index (Phi) is 8.12. The van der Waals surface area contributed by atoms with Crippen LogP contribution in [0, 0.1) is 0 Å². The topological polar surface area (TPSA) is 73.9 Å². The zero-order chi connectivity index (χ0) is 23.8. The predicted molar refractivity (Wildman–Crippen MR) is 133 cm³/mol. The summed E-state index contributed by atoms with van der Waals surface area (Å²) in [5, 5.41) is 5.77. The lowest BCUT2D eigenvalue weighted by molar-refractivity contribution is -0.139. The first-order valence-electron chi connectivity index (χ1n) is 11.8. The van der Waals surface area contributed by atoms with Crippen LogP contribution in [0.5, 0.6) is 0 Å². The molecule has 1 fully saturated rings. The van der Waals surface area contributed by atoms with Crippen LogP contribution in [-0.2, 0) is 9.53 Å². The number of amides is 2. The monoisotopic (exact) mass is 460 g/mol. The van der Waals surface area contributed by atoms with Crippen molar-refractivity contribution in [1.29, 1.82) is 0 Å². The standard InChI is InChI=1S/C27H32N4O3/c1-2-34-26(32)24-23(28-27(33)29-25(24)22-13-7-4-8-14-22)20-31-18-16-30(17-19-31)15-9-12-21-10-5-3-6-11-21/h3-14,25H,2,15-20H2,1H3,(H2,28,29,33)/b12-9+. The fraction of sp³-hybridized carbons (Fsp3) is 0.333. The van der Waals surface area contributed by atoms with Crippen molar-refractivity contribution in [2.45, 2.75) is 13.0 Å². The summed E-state index contributed by atoms with van der Waals surface area (Å²) in [7, 11) is 0. The van der Waals surface area contributed by atoms with E-state index >= 15 is 0 Å². The highest BCUT2D eigenvalue weighted by Crippen LogP contribution is 2.28. The summed E-state index contributed by atoms with van der Waals surface area (Å²) < 4.78 is 5.36. The Morgan fingerprint density at radius 1 is 1.00 bits per heavy atom. The van der Waals surface area contributed by atoms with Crippen LogP contribution in [-0.4, -0.2) is 67.7 Å². The molecule has 1 atom stereocenters. The van der Waals surface area contributed by atoms with Crippen molar-refractivity contribution in [2.24, 2.45) is 0 Å². The Balaban J connectivity index is 1.42. The predicted octanol–water partition coefficient (Wildman–Crippen LogP) is 3.19. The summed E-state index contributed by atoms with van der Waals surface area (Å²) in [6, 6.07) is 19.0. The van der Waals surface area contributed by atoms with E-state index in [4.69, 9.17) is 4.74 Å². The maximum Gasteiger partial charge on any atom is 0.338 e. The first kappa shape index (κ1) is 23.7. The zero-order valence-electron chi connectivity index (χ0n) is 19.6. The number of rotatable bonds is 8. The highest BCUT2D eigenvalue weighted by molar-refractivity contribution is 5.95. The van der Waals surface area contributed by atoms with Crippen LogP contribution in [0.2, 0.25) is 0 Å². The maximum absolute atomic E-state index is 12.9. The van der Waals surface area contributed by atoms with Gasteiger partial charge in [-0.3, -0.25) is 9.80 Å². The summed E-state index contributed by atoms with van der Waals surface area (Å²) in [6.07, 6.45) is 4.35. The minimum Gasteiger partial charge on any atom is -0.463 e. The third-order valence-corrected chi connectivity index (χ3v) is 6.10. The van der Waals surface area contributed by atoms with E-state index in [1.54, 1.807) is 6.92 Å². The molecular weight excluding hydrogens is 428 g/mol. The molecule has 2 heterocycles. The summed E-state index contributed by atoms with van der Waals surface area (Å²) in [5.74, 6) is -0.400. The maximum atomic E-state index is 12.9. The molecule has 0 aliphatic carbocycles. The van der Waals surface area contributed by atoms with Crippen LogP contribution in [0.15, 0.2) is 78.0 Å². The van der Waals surface area contributed by atoms with Gasteiger partial charge in [-0.25, -0.2) is 9.59 Å². The molecule has 178 valence electrons. The van der Waals surface area contributed by atoms with Gasteiger partial charge in [-0.2, -0.15) is 0 Å². The summed E-state index contributed by atoms with van der Waals surface area (Å²) >= 11 is 0. The molecule has 0 radical (unpaired) electrons. The number of esters is 1. The molecule has 4 rings (SSSR count). The minimum atomic E-state index is -0.534. The molecule has 2 amide bonds. The van der Waals surface area contributed by atoms with Gasteiger partial charge in [0.25, 0.3) is 0 Å². The van der Waals surface area contributed by atoms with Crippen molar-refractivity contribution in [3.63, 3.8) is 0 Å². The molecule has 2 aliphatic rings. The molecule has 0 spiro atoms. The molecular formula is C27H32N4O3. The number of carbonyl (C=O) groups excluding carboxylic acids is 2. The molecule has 2 aromatic rings. The second kappa shape index (κ2) is 11.6. The van der Waals surface area contributed by atoms with Gasteiger partial charge < -0.3 is 15.4 Å². The second-order valence-corrected chi connectivity index (χ2v) is 8.44. The molecule has 34 heavy (non-hydrogen) atoms. The fourth-order valence-electron chi connectivity index (χ4n) is 4.34. The Morgan fingerprint density at radius 2 is 1.65 bits per heavy atom. The van der Waals surface area contributed by atoms with E-state index in [0.717, 1.165) is 38.3 Å². The molecule has 1 saturated heterocycles. The van der Waals surface area contributed by atoms with E-state index in [9.17, 15) is 9.59 Å². The van der Waals surface area contributed by atoms with Crippen molar-refractivity contribution in [3.05, 3.63) is 89.1 Å². The quantitative estimate of drug-likeness (QED) is 0.592. The minimum absolute atomic E-state index is 0.278. The number of urea groups is 1. The first-order chi connectivity index (χ1) is 16.6. The van der Waals surface area contributed by atoms with E-state index in [1.807, 2.05) is 48.5 Å². The average Bonchev–Trinajstić information content (AvgIpc) is 2.86. The highest BCUT2D eigenvalue weighted by atomic mass is 16.5. The SMILES string of the molecule is CCOC(=O)C1=C(CN2CCN(C/C=C/c3ccccc3)CC2)NC(=O)NC1c1ccccc1. The smallest absolute Gasteiger partial charge is 0.338 e. The zero-order valence-corrected chi connectivity index (χ0v) is 19.6. The van der Waals surface area contributed by atoms with Crippen molar-refractivity contribution in [1.82, 2.24) is 20.4 Å². The van der Waals surface area contributed by atoms with E-state index in [2.05, 4.69) is 44.7 Å². The Morgan fingerprint density at radius 3 is 2.32 bits per heavy atom. The van der Waals surface area contributed by atoms with Crippen LogP contribution in [0.25, 0.3) is 6.08 Å². The van der Waals surface area contributed by atoms with E-state index in [1.165, 1.54) is 5.56 Å². The van der Waals surface area contributed by atoms with E-state index in [0.29, 0.717) is 17.8 Å². The van der Waals surface area contributed by atoms with E-state index in [-0.39, 0.29) is 12.6 Å². The van der Waals surface area contributed by atoms with Crippen LogP contribution < -0.4 is 10.6 Å². The Bertz CT molecular complexity index is 1030. The van der Waals surface area contributed by atoms with Gasteiger partial charge in [0, 0.05) is 45.0 Å². The molecule has 2 aromatic carbocycles. The molecule has 7 heteroatoms. The number of piperazine rings is 1. The summed E-state index contributed by atoms with van der Waals surface area (Å²) in [6.45, 7) is 7.03. The van der Waals surface area contributed by atoms with Crippen molar-refractivity contribution in [3.8, 4) is 0 Å². The first-order valence-corrected chi connectivity index (χ1v) is 11.8. The summed E-state index contributed by atoms with van der Waals surface area (Å²) in [4.78, 5) is 30.1. The number of hydrogen-bond acceptors (Lipinski definition) is 5. The Hall–Kier alpha value is -3.42. The van der Waals surface area contributed by atoms with Crippen molar-refractivity contribution in [2.75, 3.05) is 45.9 Å². The highest BCUT2D eigenvalue weighted by Gasteiger charge is 2.34. The van der Waals surface area contributed by atoms with Gasteiger partial charge in [0.05, 0.1) is 18.2 Å². The van der Waals surface area contributed by atoms with Gasteiger partial charge in [0.15, 0.2) is 0 Å². The van der Waals surface area contributed by atoms with Gasteiger partial charge in [-0.1, -0.05) is 72.8 Å². The average molecular weight is 461 g/mol. The van der Waals surface area contributed by atoms with Gasteiger partial charge in [-0.15, -0.1) is 0 Å². The van der Waals surface area contributed by atoms with Crippen LogP contribution in [0.1, 0.15) is 24.1 Å². The molecule has 1 unspecified atom stereocenters. The number of nitrogens with zero attached hydrogens (tertiary/aromatic N) is 2. The Labute approximate surface area is 201 Å². The molecule has 0 aromatic heterocycles. The van der Waals surface area contributed by atoms with Crippen LogP contribution in [0.4, 0.5) is 4.79 Å². The number of carbonyl (C=O) groups is 2. The number of benzene rings is 2. The number of hydrogen-bond donors (Lipinski definition) is 2. The second-order valence-electron chi connectivity index (χ2n) is 8.44. The van der Waals surface area contributed by atoms with Gasteiger partial charge in [0.1, 0.15) is 0 Å². The lowest BCUT2D eigenvalue weighted by Crippen LogP contribution is -2.51. The third kappa shape index (κ3) is 6.12. The van der Waals surface area contributed by atoms with Gasteiger partial charge in [0.2, 0.25) is 0 Å². The van der Waals surface area contributed by atoms with Gasteiger partial charge in [-0.05, 0) is 18.1 Å². The summed E-state index contributed by atoms with van der Waals surface area (Å²) in [5.41, 5.74) is 3.15. The normalized spacial score (nSPS) is 19.7. The third-order valence-electron chi connectivity index (χ3n) is 6.10. The molecule has 2 N–H and O–H groups in total. The number of nitrogens with one attached hydrogen (secondary N) is 2. The molecule has 7 nitrogen and oxygen atoms in total. The van der Waals surface area contributed by atoms with Crippen LogP contribution >= 0.6 is 0 Å². The van der Waals surface area contributed by atoms with Crippen molar-refractivity contribution < 1.29 is 14.3 Å². The molecule has 2 aliphatic heterocycles. The lowest BCUT2D eigenvalue weighted by atomic mass is 9.95. The largest absolute Gasteiger partial charge is 0.463 e. The van der Waals surface area contributed by atoms with E-state index < -0.39 is 12.0 Å². The van der Waals surface area contributed by atoms with Gasteiger partial charge >= 0.3 is 12.0 Å². The molecule has 0 bridgehead atoms. The fourth-order valence-corrected chi connectivity index (χ4v) is 4.34.